The van der Waals surface area contributed by atoms with E-state index < -0.39 is 0 Å². The molecule has 3 nitrogen and oxygen atoms in total. The minimum Gasteiger partial charge on any atom is -0.375 e. The molecule has 0 spiro atoms. The van der Waals surface area contributed by atoms with Crippen LogP contribution in [0, 0.1) is 11.8 Å². The van der Waals surface area contributed by atoms with Crippen LogP contribution in [0.2, 0.25) is 0 Å². The van der Waals surface area contributed by atoms with E-state index in [0.29, 0.717) is 24.3 Å². The van der Waals surface area contributed by atoms with Crippen LogP contribution in [0.5, 0.6) is 0 Å². The monoisotopic (exact) mass is 183 g/mol. The molecule has 1 saturated heterocycles. The second-order valence-electron chi connectivity index (χ2n) is 4.29. The summed E-state index contributed by atoms with van der Waals surface area (Å²) in [6.07, 6.45) is 1.30. The van der Waals surface area contributed by atoms with E-state index in [1.807, 2.05) is 11.8 Å². The van der Waals surface area contributed by atoms with Crippen molar-refractivity contribution in [2.24, 2.45) is 11.8 Å². The second kappa shape index (κ2) is 3.29. The average molecular weight is 183 g/mol. The molecule has 0 aromatic heterocycles. The maximum atomic E-state index is 11.8. The Bertz CT molecular complexity index is 217. The third-order valence-electron chi connectivity index (χ3n) is 2.98. The van der Waals surface area contributed by atoms with E-state index in [1.54, 1.807) is 0 Å². The van der Waals surface area contributed by atoms with Gasteiger partial charge in [-0.15, -0.1) is 0 Å². The van der Waals surface area contributed by atoms with Crippen molar-refractivity contribution in [2.75, 3.05) is 19.7 Å². The Hall–Kier alpha value is -0.570. The zero-order valence-electron chi connectivity index (χ0n) is 8.32. The lowest BCUT2D eigenvalue weighted by Gasteiger charge is -2.31. The molecule has 1 heterocycles. The molecule has 3 unspecified atom stereocenters. The van der Waals surface area contributed by atoms with Crippen LogP contribution in [-0.2, 0) is 9.53 Å². The fraction of sp³-hybridized carbons (Fsp3) is 0.900. The van der Waals surface area contributed by atoms with Gasteiger partial charge in [0.15, 0.2) is 0 Å². The number of morpholine rings is 1. The largest absolute Gasteiger partial charge is 0.375 e. The minimum atomic E-state index is 0.215. The lowest BCUT2D eigenvalue weighted by atomic mass is 10.2. The summed E-state index contributed by atoms with van der Waals surface area (Å²) in [6.45, 7) is 6.44. The molecule has 2 fully saturated rings. The number of amides is 1. The van der Waals surface area contributed by atoms with Gasteiger partial charge in [-0.25, -0.2) is 0 Å². The molecule has 1 aliphatic carbocycles. The molecule has 13 heavy (non-hydrogen) atoms. The maximum absolute atomic E-state index is 11.8. The quantitative estimate of drug-likeness (QED) is 0.604. The highest BCUT2D eigenvalue weighted by Gasteiger charge is 2.42. The first-order valence-corrected chi connectivity index (χ1v) is 5.09. The summed E-state index contributed by atoms with van der Waals surface area (Å²) in [5, 5.41) is 0. The minimum absolute atomic E-state index is 0.215. The fourth-order valence-electron chi connectivity index (χ4n) is 1.92. The SMILES string of the molecule is CC1CN(C(=O)C2CC2C)CCO1. The first kappa shape index (κ1) is 9.00. The number of hydrogen-bond acceptors (Lipinski definition) is 2. The summed E-state index contributed by atoms with van der Waals surface area (Å²) in [6, 6.07) is 0. The number of carbonyl (C=O) groups is 1. The maximum Gasteiger partial charge on any atom is 0.226 e. The summed E-state index contributed by atoms with van der Waals surface area (Å²) in [5.74, 6) is 1.29. The molecule has 0 bridgehead atoms. The number of ether oxygens (including phenoxy) is 1. The first-order valence-electron chi connectivity index (χ1n) is 5.09. The van der Waals surface area contributed by atoms with Gasteiger partial charge in [0.1, 0.15) is 0 Å². The van der Waals surface area contributed by atoms with Gasteiger partial charge in [-0.3, -0.25) is 4.79 Å². The lowest BCUT2D eigenvalue weighted by molar-refractivity contribution is -0.139. The van der Waals surface area contributed by atoms with E-state index in [-0.39, 0.29) is 6.10 Å². The molecule has 1 saturated carbocycles. The van der Waals surface area contributed by atoms with Crippen molar-refractivity contribution in [2.45, 2.75) is 26.4 Å². The third kappa shape index (κ3) is 1.85. The van der Waals surface area contributed by atoms with E-state index in [2.05, 4.69) is 6.92 Å². The molecule has 0 aromatic carbocycles. The molecule has 2 rings (SSSR count). The van der Waals surface area contributed by atoms with Gasteiger partial charge in [-0.2, -0.15) is 0 Å². The molecule has 1 aliphatic heterocycles. The molecule has 3 atom stereocenters. The van der Waals surface area contributed by atoms with E-state index in [9.17, 15) is 4.79 Å². The van der Waals surface area contributed by atoms with Crippen LogP contribution >= 0.6 is 0 Å². The van der Waals surface area contributed by atoms with Gasteiger partial charge in [-0.05, 0) is 19.3 Å². The molecular weight excluding hydrogens is 166 g/mol. The highest BCUT2D eigenvalue weighted by Crippen LogP contribution is 2.39. The summed E-state index contributed by atoms with van der Waals surface area (Å²) < 4.78 is 5.39. The second-order valence-corrected chi connectivity index (χ2v) is 4.29. The van der Waals surface area contributed by atoms with Crippen LogP contribution in [0.3, 0.4) is 0 Å². The van der Waals surface area contributed by atoms with Crippen LogP contribution in [0.25, 0.3) is 0 Å². The highest BCUT2D eigenvalue weighted by molar-refractivity contribution is 5.81. The van der Waals surface area contributed by atoms with Gasteiger partial charge >= 0.3 is 0 Å². The molecule has 74 valence electrons. The summed E-state index contributed by atoms with van der Waals surface area (Å²) >= 11 is 0. The molecule has 2 aliphatic rings. The Kier molecular flexibility index (Phi) is 2.28. The Morgan fingerprint density at radius 1 is 1.46 bits per heavy atom. The predicted molar refractivity (Wildman–Crippen MR) is 49.3 cm³/mol. The number of nitrogens with zero attached hydrogens (tertiary/aromatic N) is 1. The zero-order valence-corrected chi connectivity index (χ0v) is 8.32. The van der Waals surface area contributed by atoms with Crippen LogP contribution < -0.4 is 0 Å². The highest BCUT2D eigenvalue weighted by atomic mass is 16.5. The van der Waals surface area contributed by atoms with Crippen LogP contribution in [0.1, 0.15) is 20.3 Å². The van der Waals surface area contributed by atoms with Gasteiger partial charge in [0.2, 0.25) is 5.91 Å². The van der Waals surface area contributed by atoms with Crippen molar-refractivity contribution in [3.8, 4) is 0 Å². The van der Waals surface area contributed by atoms with E-state index in [0.717, 1.165) is 19.5 Å². The molecule has 1 amide bonds. The standard InChI is InChI=1S/C10H17NO2/c1-7-5-9(7)10(12)11-3-4-13-8(2)6-11/h7-9H,3-6H2,1-2H3. The summed E-state index contributed by atoms with van der Waals surface area (Å²) in [7, 11) is 0. The molecule has 3 heteroatoms. The Morgan fingerprint density at radius 3 is 2.69 bits per heavy atom. The first-order chi connectivity index (χ1) is 6.18. The predicted octanol–water partition coefficient (Wildman–Crippen LogP) is 0.890. The van der Waals surface area contributed by atoms with Crippen molar-refractivity contribution in [1.82, 2.24) is 4.90 Å². The van der Waals surface area contributed by atoms with Crippen molar-refractivity contribution in [3.63, 3.8) is 0 Å². The topological polar surface area (TPSA) is 29.5 Å². The molecular formula is C10H17NO2. The van der Waals surface area contributed by atoms with E-state index >= 15 is 0 Å². The molecule has 0 N–H and O–H groups in total. The van der Waals surface area contributed by atoms with Crippen LogP contribution in [0.15, 0.2) is 0 Å². The normalized spacial score (nSPS) is 38.9. The van der Waals surface area contributed by atoms with Gasteiger partial charge in [0.25, 0.3) is 0 Å². The van der Waals surface area contributed by atoms with Gasteiger partial charge in [-0.1, -0.05) is 6.92 Å². The number of rotatable bonds is 1. The Morgan fingerprint density at radius 2 is 2.15 bits per heavy atom. The van der Waals surface area contributed by atoms with Gasteiger partial charge < -0.3 is 9.64 Å². The summed E-state index contributed by atoms with van der Waals surface area (Å²) in [4.78, 5) is 13.7. The van der Waals surface area contributed by atoms with Gasteiger partial charge in [0.05, 0.1) is 12.7 Å². The average Bonchev–Trinajstić information content (AvgIpc) is 2.81. The van der Waals surface area contributed by atoms with Crippen molar-refractivity contribution in [1.29, 1.82) is 0 Å². The lowest BCUT2D eigenvalue weighted by Crippen LogP contribution is -2.45. The summed E-state index contributed by atoms with van der Waals surface area (Å²) in [5.41, 5.74) is 0. The smallest absolute Gasteiger partial charge is 0.226 e. The van der Waals surface area contributed by atoms with Gasteiger partial charge in [0, 0.05) is 19.0 Å². The van der Waals surface area contributed by atoms with Crippen molar-refractivity contribution < 1.29 is 9.53 Å². The van der Waals surface area contributed by atoms with Crippen molar-refractivity contribution >= 4 is 5.91 Å². The van der Waals surface area contributed by atoms with Crippen LogP contribution in [-0.4, -0.2) is 36.6 Å². The van der Waals surface area contributed by atoms with Crippen molar-refractivity contribution in [3.05, 3.63) is 0 Å². The Labute approximate surface area is 79.0 Å². The third-order valence-corrected chi connectivity index (χ3v) is 2.98. The van der Waals surface area contributed by atoms with Crippen LogP contribution in [0.4, 0.5) is 0 Å². The molecule has 0 aromatic rings. The zero-order chi connectivity index (χ0) is 9.42. The number of carbonyl (C=O) groups excluding carboxylic acids is 1. The number of hydrogen-bond donors (Lipinski definition) is 0. The van der Waals surface area contributed by atoms with E-state index in [1.165, 1.54) is 0 Å². The molecule has 0 radical (unpaired) electrons. The fourth-order valence-corrected chi connectivity index (χ4v) is 1.92. The van der Waals surface area contributed by atoms with E-state index in [4.69, 9.17) is 4.74 Å². The Balaban J connectivity index is 1.88.